The van der Waals surface area contributed by atoms with Gasteiger partial charge >= 0.3 is 0 Å². The molecule has 2 aromatic carbocycles. The number of rotatable bonds is 2. The fourth-order valence-electron chi connectivity index (χ4n) is 2.40. The molecule has 0 bridgehead atoms. The van der Waals surface area contributed by atoms with E-state index in [1.165, 1.54) is 28.6 Å². The molecule has 1 aliphatic rings. The van der Waals surface area contributed by atoms with E-state index in [0.717, 1.165) is 11.1 Å². The molecule has 0 spiro atoms. The maximum Gasteiger partial charge on any atom is 0.243 e. The third-order valence-corrected chi connectivity index (χ3v) is 5.35. The van der Waals surface area contributed by atoms with Crippen molar-refractivity contribution in [2.45, 2.75) is 18.0 Å². The van der Waals surface area contributed by atoms with Crippen LogP contribution in [0.3, 0.4) is 0 Å². The molecule has 0 aliphatic carbocycles. The van der Waals surface area contributed by atoms with E-state index in [4.69, 9.17) is 11.0 Å². The number of nitriles is 1. The summed E-state index contributed by atoms with van der Waals surface area (Å²) in [5, 5.41) is 8.77. The first kappa shape index (κ1) is 13.6. The van der Waals surface area contributed by atoms with Crippen molar-refractivity contribution < 1.29 is 8.42 Å². The lowest BCUT2D eigenvalue weighted by Gasteiger charge is -2.15. The van der Waals surface area contributed by atoms with Gasteiger partial charge < -0.3 is 5.73 Å². The summed E-state index contributed by atoms with van der Waals surface area (Å²) in [5.74, 6) is 0. The number of anilines is 1. The highest BCUT2D eigenvalue weighted by atomic mass is 32.2. The first-order chi connectivity index (χ1) is 10.0. The molecule has 5 nitrogen and oxygen atoms in total. The lowest BCUT2D eigenvalue weighted by molar-refractivity contribution is 0.431. The molecule has 2 aromatic rings. The standard InChI is InChI=1S/C15H13N3O2S/c16-8-11-1-5-15(6-2-11)21(19,20)18-9-12-3-4-14(17)7-13(12)10-18/h1-7H,9-10,17H2. The van der Waals surface area contributed by atoms with Crippen LogP contribution in [0.15, 0.2) is 47.4 Å². The Morgan fingerprint density at radius 1 is 1.05 bits per heavy atom. The van der Waals surface area contributed by atoms with Crippen LogP contribution in [-0.2, 0) is 23.1 Å². The Bertz CT molecular complexity index is 836. The van der Waals surface area contributed by atoms with Gasteiger partial charge in [0.15, 0.2) is 0 Å². The molecule has 106 valence electrons. The number of nitrogens with two attached hydrogens (primary N) is 1. The van der Waals surface area contributed by atoms with E-state index in [1.807, 2.05) is 18.2 Å². The molecule has 2 N–H and O–H groups in total. The van der Waals surface area contributed by atoms with Crippen LogP contribution >= 0.6 is 0 Å². The SMILES string of the molecule is N#Cc1ccc(S(=O)(=O)N2Cc3ccc(N)cc3C2)cc1. The van der Waals surface area contributed by atoms with Gasteiger partial charge in [-0.2, -0.15) is 9.57 Å². The molecule has 3 rings (SSSR count). The highest BCUT2D eigenvalue weighted by molar-refractivity contribution is 7.89. The Hall–Kier alpha value is -2.36. The summed E-state index contributed by atoms with van der Waals surface area (Å²) in [7, 11) is -3.56. The molecule has 1 heterocycles. The lowest BCUT2D eigenvalue weighted by Crippen LogP contribution is -2.25. The van der Waals surface area contributed by atoms with Gasteiger partial charge in [0.2, 0.25) is 10.0 Å². The van der Waals surface area contributed by atoms with E-state index in [1.54, 1.807) is 6.07 Å². The average Bonchev–Trinajstić information content (AvgIpc) is 2.91. The smallest absolute Gasteiger partial charge is 0.243 e. The maximum atomic E-state index is 12.6. The van der Waals surface area contributed by atoms with Crippen molar-refractivity contribution >= 4 is 15.7 Å². The Kier molecular flexibility index (Phi) is 3.16. The van der Waals surface area contributed by atoms with Crippen molar-refractivity contribution in [2.75, 3.05) is 5.73 Å². The lowest BCUT2D eigenvalue weighted by atomic mass is 10.1. The minimum Gasteiger partial charge on any atom is -0.399 e. The Balaban J connectivity index is 1.92. The molecular weight excluding hydrogens is 286 g/mol. The van der Waals surface area contributed by atoms with Gasteiger partial charge in [-0.25, -0.2) is 8.42 Å². The van der Waals surface area contributed by atoms with E-state index < -0.39 is 10.0 Å². The number of nitrogen functional groups attached to an aromatic ring is 1. The Labute approximate surface area is 123 Å². The quantitative estimate of drug-likeness (QED) is 0.857. The van der Waals surface area contributed by atoms with Crippen LogP contribution in [-0.4, -0.2) is 12.7 Å². The zero-order valence-corrected chi connectivity index (χ0v) is 12.0. The Morgan fingerprint density at radius 3 is 2.38 bits per heavy atom. The van der Waals surface area contributed by atoms with Crippen LogP contribution in [0.5, 0.6) is 0 Å². The van der Waals surface area contributed by atoms with Crippen LogP contribution < -0.4 is 5.73 Å². The fourth-order valence-corrected chi connectivity index (χ4v) is 3.80. The number of nitrogens with zero attached hydrogens (tertiary/aromatic N) is 2. The molecule has 21 heavy (non-hydrogen) atoms. The number of sulfonamides is 1. The van der Waals surface area contributed by atoms with E-state index in [9.17, 15) is 8.42 Å². The van der Waals surface area contributed by atoms with Crippen molar-refractivity contribution in [3.8, 4) is 6.07 Å². The molecule has 0 fully saturated rings. The number of hydrogen-bond donors (Lipinski definition) is 1. The molecular formula is C15H13N3O2S. The molecule has 0 unspecified atom stereocenters. The fraction of sp³-hybridized carbons (Fsp3) is 0.133. The largest absolute Gasteiger partial charge is 0.399 e. The molecule has 1 aliphatic heterocycles. The highest BCUT2D eigenvalue weighted by Crippen LogP contribution is 2.29. The molecule has 0 amide bonds. The van der Waals surface area contributed by atoms with Crippen LogP contribution in [0.1, 0.15) is 16.7 Å². The van der Waals surface area contributed by atoms with Gasteiger partial charge in [-0.15, -0.1) is 0 Å². The van der Waals surface area contributed by atoms with Crippen molar-refractivity contribution in [2.24, 2.45) is 0 Å². The molecule has 0 saturated heterocycles. The molecule has 0 radical (unpaired) electrons. The van der Waals surface area contributed by atoms with E-state index in [0.29, 0.717) is 24.3 Å². The monoisotopic (exact) mass is 299 g/mol. The molecule has 0 atom stereocenters. The normalized spacial score (nSPS) is 14.6. The van der Waals surface area contributed by atoms with Gasteiger partial charge in [0.25, 0.3) is 0 Å². The van der Waals surface area contributed by atoms with E-state index in [-0.39, 0.29) is 4.90 Å². The summed E-state index contributed by atoms with van der Waals surface area (Å²) in [5.41, 5.74) is 8.71. The molecule has 0 aromatic heterocycles. The van der Waals surface area contributed by atoms with Gasteiger partial charge in [-0.05, 0) is 47.5 Å². The number of fused-ring (bicyclic) bond motifs is 1. The van der Waals surface area contributed by atoms with Crippen molar-refractivity contribution in [3.63, 3.8) is 0 Å². The second kappa shape index (κ2) is 4.88. The third-order valence-electron chi connectivity index (χ3n) is 3.54. The summed E-state index contributed by atoms with van der Waals surface area (Å²) >= 11 is 0. The first-order valence-electron chi connectivity index (χ1n) is 6.38. The number of benzene rings is 2. The van der Waals surface area contributed by atoms with Crippen molar-refractivity contribution in [3.05, 3.63) is 59.2 Å². The van der Waals surface area contributed by atoms with Gasteiger partial charge in [-0.1, -0.05) is 6.07 Å². The summed E-state index contributed by atoms with van der Waals surface area (Å²) in [6.07, 6.45) is 0. The third kappa shape index (κ3) is 2.37. The van der Waals surface area contributed by atoms with Gasteiger partial charge in [0, 0.05) is 18.8 Å². The minimum absolute atomic E-state index is 0.197. The van der Waals surface area contributed by atoms with Crippen LogP contribution in [0.25, 0.3) is 0 Å². The van der Waals surface area contributed by atoms with E-state index in [2.05, 4.69) is 0 Å². The van der Waals surface area contributed by atoms with Gasteiger partial charge in [0.1, 0.15) is 0 Å². The summed E-state index contributed by atoms with van der Waals surface area (Å²) in [4.78, 5) is 0.197. The second-order valence-electron chi connectivity index (χ2n) is 4.94. The van der Waals surface area contributed by atoms with Gasteiger partial charge in [-0.3, -0.25) is 0 Å². The molecule has 6 heteroatoms. The van der Waals surface area contributed by atoms with Crippen LogP contribution in [0, 0.1) is 11.3 Å². The predicted molar refractivity (Wildman–Crippen MR) is 78.4 cm³/mol. The zero-order chi connectivity index (χ0) is 15.0. The predicted octanol–water partition coefficient (Wildman–Crippen LogP) is 1.84. The second-order valence-corrected chi connectivity index (χ2v) is 6.88. The topological polar surface area (TPSA) is 87.2 Å². The summed E-state index contributed by atoms with van der Waals surface area (Å²) in [6, 6.07) is 13.4. The highest BCUT2D eigenvalue weighted by Gasteiger charge is 2.30. The van der Waals surface area contributed by atoms with Gasteiger partial charge in [0.05, 0.1) is 16.5 Å². The summed E-state index contributed by atoms with van der Waals surface area (Å²) < 4.78 is 26.6. The maximum absolute atomic E-state index is 12.6. The zero-order valence-electron chi connectivity index (χ0n) is 11.2. The van der Waals surface area contributed by atoms with Crippen LogP contribution in [0.4, 0.5) is 5.69 Å². The summed E-state index contributed by atoms with van der Waals surface area (Å²) in [6.45, 7) is 0.667. The van der Waals surface area contributed by atoms with E-state index >= 15 is 0 Å². The minimum atomic E-state index is -3.56. The molecule has 0 saturated carbocycles. The average molecular weight is 299 g/mol. The number of hydrogen-bond acceptors (Lipinski definition) is 4. The van der Waals surface area contributed by atoms with Crippen LogP contribution in [0.2, 0.25) is 0 Å². The Morgan fingerprint density at radius 2 is 1.71 bits per heavy atom. The first-order valence-corrected chi connectivity index (χ1v) is 7.82. The van der Waals surface area contributed by atoms with Crippen molar-refractivity contribution in [1.29, 1.82) is 5.26 Å². The van der Waals surface area contributed by atoms with Crippen molar-refractivity contribution in [1.82, 2.24) is 4.31 Å².